The molecular weight excluding hydrogens is 323 g/mol. The van der Waals surface area contributed by atoms with E-state index in [-0.39, 0.29) is 11.5 Å². The molecule has 102 valence electrons. The van der Waals surface area contributed by atoms with Crippen molar-refractivity contribution in [3.8, 4) is 0 Å². The predicted molar refractivity (Wildman–Crippen MR) is 76.8 cm³/mol. The number of carbonyl (C=O) groups is 1. The molecule has 0 radical (unpaired) electrons. The monoisotopic (exact) mass is 334 g/mol. The molecule has 0 atom stereocenters. The minimum Gasteiger partial charge on any atom is -0.334 e. The lowest BCUT2D eigenvalue weighted by Gasteiger charge is -2.28. The van der Waals surface area contributed by atoms with E-state index in [0.29, 0.717) is 24.0 Å². The maximum absolute atomic E-state index is 14.0. The number of pyridine rings is 1. The Balaban J connectivity index is 1.88. The van der Waals surface area contributed by atoms with Gasteiger partial charge in [0.15, 0.2) is 0 Å². The summed E-state index contributed by atoms with van der Waals surface area (Å²) >= 11 is 3.11. The zero-order chi connectivity index (χ0) is 14.1. The van der Waals surface area contributed by atoms with E-state index in [1.807, 2.05) is 12.1 Å². The molecule has 5 heteroatoms. The smallest absolute Gasteiger partial charge is 0.257 e. The number of nitrogens with zero attached hydrogens (tertiary/aromatic N) is 2. The molecule has 2 heterocycles. The molecule has 0 N–H and O–H groups in total. The molecule has 0 saturated carbocycles. The third-order valence-corrected chi connectivity index (χ3v) is 4.05. The average molecular weight is 335 g/mol. The van der Waals surface area contributed by atoms with Gasteiger partial charge in [0.25, 0.3) is 5.91 Å². The Hall–Kier alpha value is -1.75. The van der Waals surface area contributed by atoms with Crippen molar-refractivity contribution in [1.29, 1.82) is 0 Å². The van der Waals surface area contributed by atoms with Crippen molar-refractivity contribution < 1.29 is 9.18 Å². The van der Waals surface area contributed by atoms with Gasteiger partial charge in [-0.15, -0.1) is 0 Å². The molecule has 1 aromatic carbocycles. The van der Waals surface area contributed by atoms with Crippen molar-refractivity contribution in [2.75, 3.05) is 6.54 Å². The van der Waals surface area contributed by atoms with Crippen LogP contribution >= 0.6 is 15.9 Å². The van der Waals surface area contributed by atoms with Gasteiger partial charge >= 0.3 is 0 Å². The molecule has 1 amide bonds. The van der Waals surface area contributed by atoms with E-state index in [1.165, 1.54) is 6.07 Å². The Morgan fingerprint density at radius 1 is 1.30 bits per heavy atom. The van der Waals surface area contributed by atoms with Crippen molar-refractivity contribution in [3.63, 3.8) is 0 Å². The molecule has 0 aliphatic carbocycles. The molecule has 3 nitrogen and oxygen atoms in total. The maximum atomic E-state index is 14.0. The SMILES string of the molecule is O=C(c1cccc(Br)c1F)N1CCc2ncccc2C1. The quantitative estimate of drug-likeness (QED) is 0.802. The highest BCUT2D eigenvalue weighted by Gasteiger charge is 2.24. The van der Waals surface area contributed by atoms with Crippen LogP contribution in [0, 0.1) is 5.82 Å². The summed E-state index contributed by atoms with van der Waals surface area (Å²) in [5, 5.41) is 0. The van der Waals surface area contributed by atoms with E-state index in [0.717, 1.165) is 11.3 Å². The number of hydrogen-bond acceptors (Lipinski definition) is 2. The third kappa shape index (κ3) is 2.33. The van der Waals surface area contributed by atoms with E-state index < -0.39 is 5.82 Å². The maximum Gasteiger partial charge on any atom is 0.257 e. The summed E-state index contributed by atoms with van der Waals surface area (Å²) < 4.78 is 14.3. The van der Waals surface area contributed by atoms with Crippen LogP contribution in [0.1, 0.15) is 21.6 Å². The predicted octanol–water partition coefficient (Wildman–Crippen LogP) is 3.18. The molecule has 0 saturated heterocycles. The minimum absolute atomic E-state index is 0.103. The van der Waals surface area contributed by atoms with Gasteiger partial charge in [0.1, 0.15) is 5.82 Å². The van der Waals surface area contributed by atoms with Gasteiger partial charge in [-0.25, -0.2) is 4.39 Å². The summed E-state index contributed by atoms with van der Waals surface area (Å²) in [6.45, 7) is 1.04. The number of fused-ring (bicyclic) bond motifs is 1. The first-order valence-electron chi connectivity index (χ1n) is 6.33. The van der Waals surface area contributed by atoms with Crippen LogP contribution in [0.5, 0.6) is 0 Å². The molecule has 20 heavy (non-hydrogen) atoms. The zero-order valence-electron chi connectivity index (χ0n) is 10.6. The second-order valence-electron chi connectivity index (χ2n) is 4.69. The van der Waals surface area contributed by atoms with E-state index in [9.17, 15) is 9.18 Å². The summed E-state index contributed by atoms with van der Waals surface area (Å²) in [6, 6.07) is 8.58. The molecule has 0 unspecified atom stereocenters. The molecule has 3 rings (SSSR count). The van der Waals surface area contributed by atoms with Crippen molar-refractivity contribution in [2.45, 2.75) is 13.0 Å². The molecule has 1 aromatic heterocycles. The number of rotatable bonds is 1. The van der Waals surface area contributed by atoms with Crippen molar-refractivity contribution in [2.24, 2.45) is 0 Å². The van der Waals surface area contributed by atoms with Crippen LogP contribution in [0.2, 0.25) is 0 Å². The van der Waals surface area contributed by atoms with Crippen LogP contribution in [0.25, 0.3) is 0 Å². The lowest BCUT2D eigenvalue weighted by molar-refractivity contribution is 0.0728. The first kappa shape index (κ1) is 13.2. The highest BCUT2D eigenvalue weighted by atomic mass is 79.9. The molecular formula is C15H12BrFN2O. The van der Waals surface area contributed by atoms with E-state index in [1.54, 1.807) is 23.2 Å². The Bertz CT molecular complexity index is 675. The van der Waals surface area contributed by atoms with Gasteiger partial charge in [0, 0.05) is 31.4 Å². The largest absolute Gasteiger partial charge is 0.334 e. The number of hydrogen-bond donors (Lipinski definition) is 0. The van der Waals surface area contributed by atoms with Gasteiger partial charge in [0.05, 0.1) is 10.0 Å². The molecule has 1 aliphatic heterocycles. The highest BCUT2D eigenvalue weighted by Crippen LogP contribution is 2.23. The summed E-state index contributed by atoms with van der Waals surface area (Å²) in [4.78, 5) is 18.4. The lowest BCUT2D eigenvalue weighted by atomic mass is 10.0. The Labute approximate surface area is 124 Å². The summed E-state index contributed by atoms with van der Waals surface area (Å²) in [6.07, 6.45) is 2.46. The first-order chi connectivity index (χ1) is 9.66. The Morgan fingerprint density at radius 3 is 3.00 bits per heavy atom. The van der Waals surface area contributed by atoms with Crippen LogP contribution < -0.4 is 0 Å². The second-order valence-corrected chi connectivity index (χ2v) is 5.54. The Kier molecular flexibility index (Phi) is 3.53. The van der Waals surface area contributed by atoms with Crippen LogP contribution in [0.4, 0.5) is 4.39 Å². The number of aromatic nitrogens is 1. The van der Waals surface area contributed by atoms with Crippen molar-refractivity contribution >= 4 is 21.8 Å². The first-order valence-corrected chi connectivity index (χ1v) is 7.12. The fraction of sp³-hybridized carbons (Fsp3) is 0.200. The minimum atomic E-state index is -0.505. The highest BCUT2D eigenvalue weighted by molar-refractivity contribution is 9.10. The van der Waals surface area contributed by atoms with Gasteiger partial charge in [-0.3, -0.25) is 9.78 Å². The summed E-state index contributed by atoms with van der Waals surface area (Å²) in [5.74, 6) is -0.784. The van der Waals surface area contributed by atoms with Gasteiger partial charge in [-0.2, -0.15) is 0 Å². The molecule has 0 bridgehead atoms. The summed E-state index contributed by atoms with van der Waals surface area (Å²) in [7, 11) is 0. The number of carbonyl (C=O) groups excluding carboxylic acids is 1. The van der Waals surface area contributed by atoms with E-state index in [4.69, 9.17) is 0 Å². The van der Waals surface area contributed by atoms with Gasteiger partial charge < -0.3 is 4.90 Å². The normalized spacial score (nSPS) is 14.0. The topological polar surface area (TPSA) is 33.2 Å². The van der Waals surface area contributed by atoms with Gasteiger partial charge in [-0.1, -0.05) is 12.1 Å². The number of amides is 1. The van der Waals surface area contributed by atoms with Gasteiger partial charge in [-0.05, 0) is 39.7 Å². The van der Waals surface area contributed by atoms with Crippen LogP contribution in [0.15, 0.2) is 41.0 Å². The number of benzene rings is 1. The Morgan fingerprint density at radius 2 is 2.15 bits per heavy atom. The molecule has 2 aromatic rings. The van der Waals surface area contributed by atoms with E-state index >= 15 is 0 Å². The third-order valence-electron chi connectivity index (χ3n) is 3.43. The van der Waals surface area contributed by atoms with Crippen LogP contribution in [-0.4, -0.2) is 22.3 Å². The van der Waals surface area contributed by atoms with E-state index in [2.05, 4.69) is 20.9 Å². The number of halogens is 2. The van der Waals surface area contributed by atoms with Crippen LogP contribution in [0.3, 0.4) is 0 Å². The van der Waals surface area contributed by atoms with Crippen LogP contribution in [-0.2, 0) is 13.0 Å². The fourth-order valence-electron chi connectivity index (χ4n) is 2.38. The molecule has 1 aliphatic rings. The molecule has 0 spiro atoms. The second kappa shape index (κ2) is 5.32. The van der Waals surface area contributed by atoms with Gasteiger partial charge in [0.2, 0.25) is 0 Å². The fourth-order valence-corrected chi connectivity index (χ4v) is 2.74. The lowest BCUT2D eigenvalue weighted by Crippen LogP contribution is -2.36. The van der Waals surface area contributed by atoms with Crippen molar-refractivity contribution in [1.82, 2.24) is 9.88 Å². The standard InChI is InChI=1S/C15H12BrFN2O/c16-12-5-1-4-11(14(12)17)15(20)19-8-6-13-10(9-19)3-2-7-18-13/h1-5,7H,6,8-9H2. The van der Waals surface area contributed by atoms with Crippen molar-refractivity contribution in [3.05, 3.63) is 63.6 Å². The zero-order valence-corrected chi connectivity index (χ0v) is 12.2. The summed E-state index contributed by atoms with van der Waals surface area (Å²) in [5.41, 5.74) is 2.15. The average Bonchev–Trinajstić information content (AvgIpc) is 2.49. The molecule has 0 fully saturated rings.